The Bertz CT molecular complexity index is 1410. The smallest absolute Gasteiger partial charge is 0.343 e. The zero-order chi connectivity index (χ0) is 22.6. The van der Waals surface area contributed by atoms with Crippen molar-refractivity contribution >= 4 is 17.0 Å². The van der Waals surface area contributed by atoms with Crippen molar-refractivity contribution < 1.29 is 14.3 Å². The minimum atomic E-state index is -0.432. The number of rotatable bonds is 6. The van der Waals surface area contributed by atoms with Gasteiger partial charge in [0.1, 0.15) is 17.3 Å². The molecule has 4 aromatic carbocycles. The van der Waals surface area contributed by atoms with Crippen LogP contribution < -0.4 is 9.47 Å². The molecule has 5 rings (SSSR count). The van der Waals surface area contributed by atoms with Crippen molar-refractivity contribution in [2.75, 3.05) is 7.11 Å². The highest BCUT2D eigenvalue weighted by Crippen LogP contribution is 2.28. The van der Waals surface area contributed by atoms with Gasteiger partial charge < -0.3 is 14.0 Å². The van der Waals surface area contributed by atoms with Gasteiger partial charge in [-0.05, 0) is 60.2 Å². The minimum Gasteiger partial charge on any atom is -0.497 e. The number of hydrogen-bond acceptors (Lipinski definition) is 4. The van der Waals surface area contributed by atoms with Gasteiger partial charge in [0, 0.05) is 12.1 Å². The Morgan fingerprint density at radius 3 is 2.36 bits per heavy atom. The number of methoxy groups -OCH3 is 1. The zero-order valence-electron chi connectivity index (χ0n) is 18.1. The van der Waals surface area contributed by atoms with Gasteiger partial charge in [0.15, 0.2) is 0 Å². The minimum absolute atomic E-state index is 0.432. The van der Waals surface area contributed by atoms with Gasteiger partial charge in [-0.25, -0.2) is 9.78 Å². The number of carbonyl (C=O) groups is 1. The average Bonchev–Trinajstić information content (AvgIpc) is 3.23. The Balaban J connectivity index is 1.43. The lowest BCUT2D eigenvalue weighted by Gasteiger charge is -2.10. The van der Waals surface area contributed by atoms with E-state index in [1.54, 1.807) is 43.5 Å². The molecule has 5 nitrogen and oxygen atoms in total. The molecule has 0 amide bonds. The van der Waals surface area contributed by atoms with Gasteiger partial charge in [0.05, 0.1) is 23.7 Å². The lowest BCUT2D eigenvalue weighted by Crippen LogP contribution is -2.08. The number of ether oxygens (including phenoxy) is 2. The van der Waals surface area contributed by atoms with Crippen LogP contribution in [0.1, 0.15) is 15.9 Å². The normalized spacial score (nSPS) is 10.8. The molecule has 0 radical (unpaired) electrons. The number of hydrogen-bond donors (Lipinski definition) is 0. The molecular formula is C28H22N2O3. The third kappa shape index (κ3) is 4.34. The average molecular weight is 434 g/mol. The summed E-state index contributed by atoms with van der Waals surface area (Å²) >= 11 is 0. The SMILES string of the molecule is COc1cccc(C(=O)Oc2ccc(-c3nc4ccccc4n3Cc3ccccc3)cc2)c1. The van der Waals surface area contributed by atoms with Crippen LogP contribution in [0.2, 0.25) is 0 Å². The van der Waals surface area contributed by atoms with E-state index in [0.717, 1.165) is 22.4 Å². The van der Waals surface area contributed by atoms with E-state index in [4.69, 9.17) is 14.5 Å². The van der Waals surface area contributed by atoms with Gasteiger partial charge in [-0.2, -0.15) is 0 Å². The summed E-state index contributed by atoms with van der Waals surface area (Å²) < 4.78 is 12.9. The molecular weight excluding hydrogens is 412 g/mol. The number of imidazole rings is 1. The predicted molar refractivity (Wildman–Crippen MR) is 129 cm³/mol. The van der Waals surface area contributed by atoms with Crippen LogP contribution >= 0.6 is 0 Å². The molecule has 0 fully saturated rings. The first kappa shape index (κ1) is 20.5. The topological polar surface area (TPSA) is 53.4 Å². The van der Waals surface area contributed by atoms with E-state index in [2.05, 4.69) is 22.8 Å². The first-order valence-electron chi connectivity index (χ1n) is 10.7. The Morgan fingerprint density at radius 1 is 0.818 bits per heavy atom. The molecule has 0 aliphatic heterocycles. The van der Waals surface area contributed by atoms with Crippen LogP contribution in [0.5, 0.6) is 11.5 Å². The molecule has 0 aliphatic rings. The molecule has 33 heavy (non-hydrogen) atoms. The van der Waals surface area contributed by atoms with Crippen molar-refractivity contribution in [3.8, 4) is 22.9 Å². The number of fused-ring (bicyclic) bond motifs is 1. The Kier molecular flexibility index (Phi) is 5.60. The second-order valence-electron chi connectivity index (χ2n) is 7.64. The number of esters is 1. The summed E-state index contributed by atoms with van der Waals surface area (Å²) in [6, 6.07) is 32.8. The highest BCUT2D eigenvalue weighted by molar-refractivity contribution is 5.91. The Hall–Kier alpha value is -4.38. The zero-order valence-corrected chi connectivity index (χ0v) is 18.1. The summed E-state index contributed by atoms with van der Waals surface area (Å²) in [4.78, 5) is 17.4. The van der Waals surface area contributed by atoms with Gasteiger partial charge in [-0.15, -0.1) is 0 Å². The van der Waals surface area contributed by atoms with E-state index in [0.29, 0.717) is 23.6 Å². The molecule has 0 saturated carbocycles. The molecule has 0 bridgehead atoms. The molecule has 1 aromatic heterocycles. The van der Waals surface area contributed by atoms with Gasteiger partial charge in [0.25, 0.3) is 0 Å². The summed E-state index contributed by atoms with van der Waals surface area (Å²) in [6.07, 6.45) is 0. The number of benzene rings is 4. The van der Waals surface area contributed by atoms with Crippen LogP contribution in [0.25, 0.3) is 22.4 Å². The fourth-order valence-electron chi connectivity index (χ4n) is 3.81. The summed E-state index contributed by atoms with van der Waals surface area (Å²) in [5, 5.41) is 0. The van der Waals surface area contributed by atoms with Crippen molar-refractivity contribution in [3.05, 3.63) is 114 Å². The first-order valence-corrected chi connectivity index (χ1v) is 10.7. The van der Waals surface area contributed by atoms with Crippen molar-refractivity contribution in [1.82, 2.24) is 9.55 Å². The molecule has 0 aliphatic carbocycles. The lowest BCUT2D eigenvalue weighted by atomic mass is 10.2. The number of aromatic nitrogens is 2. The molecule has 0 spiro atoms. The fraction of sp³-hybridized carbons (Fsp3) is 0.0714. The molecule has 0 saturated heterocycles. The third-order valence-electron chi connectivity index (χ3n) is 5.47. The largest absolute Gasteiger partial charge is 0.497 e. The van der Waals surface area contributed by atoms with Crippen molar-refractivity contribution in [2.45, 2.75) is 6.54 Å². The first-order chi connectivity index (χ1) is 16.2. The van der Waals surface area contributed by atoms with E-state index in [9.17, 15) is 4.79 Å². The van der Waals surface area contributed by atoms with Crippen molar-refractivity contribution in [2.24, 2.45) is 0 Å². The van der Waals surface area contributed by atoms with E-state index in [1.165, 1.54) is 5.56 Å². The highest BCUT2D eigenvalue weighted by Gasteiger charge is 2.14. The lowest BCUT2D eigenvalue weighted by molar-refractivity contribution is 0.0734. The van der Waals surface area contributed by atoms with E-state index < -0.39 is 5.97 Å². The summed E-state index contributed by atoms with van der Waals surface area (Å²) in [5.74, 6) is 1.51. The maximum atomic E-state index is 12.5. The second kappa shape index (κ2) is 9.01. The fourth-order valence-corrected chi connectivity index (χ4v) is 3.81. The Labute approximate surface area is 191 Å². The van der Waals surface area contributed by atoms with E-state index in [-0.39, 0.29) is 0 Å². The van der Waals surface area contributed by atoms with Gasteiger partial charge >= 0.3 is 5.97 Å². The molecule has 0 N–H and O–H groups in total. The van der Waals surface area contributed by atoms with Crippen LogP contribution in [0.3, 0.4) is 0 Å². The molecule has 162 valence electrons. The monoisotopic (exact) mass is 434 g/mol. The second-order valence-corrected chi connectivity index (χ2v) is 7.64. The summed E-state index contributed by atoms with van der Waals surface area (Å²) in [6.45, 7) is 0.712. The third-order valence-corrected chi connectivity index (χ3v) is 5.47. The van der Waals surface area contributed by atoms with Gasteiger partial charge in [-0.1, -0.05) is 48.5 Å². The maximum absolute atomic E-state index is 12.5. The number of carbonyl (C=O) groups excluding carboxylic acids is 1. The highest BCUT2D eigenvalue weighted by atomic mass is 16.5. The van der Waals surface area contributed by atoms with E-state index >= 15 is 0 Å². The molecule has 1 heterocycles. The summed E-state index contributed by atoms with van der Waals surface area (Å²) in [7, 11) is 1.56. The Morgan fingerprint density at radius 2 is 1.58 bits per heavy atom. The summed E-state index contributed by atoms with van der Waals surface area (Å²) in [5.41, 5.74) is 4.60. The molecule has 0 unspecified atom stereocenters. The van der Waals surface area contributed by atoms with Crippen LogP contribution in [0.4, 0.5) is 0 Å². The van der Waals surface area contributed by atoms with Crippen LogP contribution in [-0.4, -0.2) is 22.6 Å². The number of nitrogens with zero attached hydrogens (tertiary/aromatic N) is 2. The van der Waals surface area contributed by atoms with Crippen LogP contribution in [0.15, 0.2) is 103 Å². The maximum Gasteiger partial charge on any atom is 0.343 e. The quantitative estimate of drug-likeness (QED) is 0.244. The van der Waals surface area contributed by atoms with Gasteiger partial charge in [-0.3, -0.25) is 0 Å². The molecule has 0 atom stereocenters. The van der Waals surface area contributed by atoms with Crippen molar-refractivity contribution in [3.63, 3.8) is 0 Å². The predicted octanol–water partition coefficient (Wildman–Crippen LogP) is 5.98. The standard InChI is InChI=1S/C28H22N2O3/c1-32-24-11-7-10-22(18-24)28(31)33-23-16-14-21(15-17-23)27-29-25-12-5-6-13-26(25)30(27)19-20-8-3-2-4-9-20/h2-18H,19H2,1H3. The molecule has 5 aromatic rings. The van der Waals surface area contributed by atoms with Crippen LogP contribution in [0, 0.1) is 0 Å². The van der Waals surface area contributed by atoms with Gasteiger partial charge in [0.2, 0.25) is 0 Å². The molecule has 5 heteroatoms. The number of para-hydroxylation sites is 2. The van der Waals surface area contributed by atoms with Crippen molar-refractivity contribution in [1.29, 1.82) is 0 Å². The van der Waals surface area contributed by atoms with Crippen LogP contribution in [-0.2, 0) is 6.54 Å². The van der Waals surface area contributed by atoms with E-state index in [1.807, 2.05) is 48.5 Å².